The Morgan fingerprint density at radius 1 is 1.20 bits per heavy atom. The molecule has 1 aromatic carbocycles. The molecule has 2 heterocycles. The molecular weight excluding hydrogens is 274 g/mol. The van der Waals surface area contributed by atoms with E-state index in [2.05, 4.69) is 10.2 Å². The minimum atomic E-state index is -3.45. The largest absolute Gasteiger partial charge is 0.382 e. The Kier molecular flexibility index (Phi) is 3.70. The summed E-state index contributed by atoms with van der Waals surface area (Å²) in [5.41, 5.74) is 1.79. The van der Waals surface area contributed by atoms with E-state index in [-0.39, 0.29) is 5.75 Å². The van der Waals surface area contributed by atoms with Gasteiger partial charge in [0.1, 0.15) is 0 Å². The maximum absolute atomic E-state index is 11.0. The zero-order chi connectivity index (χ0) is 14.2. The van der Waals surface area contributed by atoms with Crippen molar-refractivity contribution >= 4 is 15.7 Å². The minimum Gasteiger partial charge on any atom is -0.382 e. The average molecular weight is 295 g/mol. The third kappa shape index (κ3) is 3.31. The van der Waals surface area contributed by atoms with Gasteiger partial charge in [-0.2, -0.15) is 0 Å². The van der Waals surface area contributed by atoms with Gasteiger partial charge in [-0.1, -0.05) is 12.1 Å². The van der Waals surface area contributed by atoms with Crippen LogP contribution < -0.4 is 10.5 Å². The highest BCUT2D eigenvalue weighted by atomic mass is 32.2. The summed E-state index contributed by atoms with van der Waals surface area (Å²) < 4.78 is 22.1. The fourth-order valence-electron chi connectivity index (χ4n) is 3.29. The van der Waals surface area contributed by atoms with Gasteiger partial charge in [0.2, 0.25) is 10.0 Å². The molecule has 20 heavy (non-hydrogen) atoms. The fourth-order valence-corrected chi connectivity index (χ4v) is 3.94. The molecule has 0 spiro atoms. The Bertz CT molecular complexity index is 571. The van der Waals surface area contributed by atoms with Crippen LogP contribution in [0.1, 0.15) is 18.4 Å². The summed E-state index contributed by atoms with van der Waals surface area (Å²) in [7, 11) is -3.45. The molecule has 3 atom stereocenters. The van der Waals surface area contributed by atoms with Gasteiger partial charge in [0.05, 0.1) is 5.75 Å². The van der Waals surface area contributed by atoms with Gasteiger partial charge < -0.3 is 10.2 Å². The summed E-state index contributed by atoms with van der Waals surface area (Å²) in [5.74, 6) is 0.640. The summed E-state index contributed by atoms with van der Waals surface area (Å²) in [6, 6.07) is 8.09. The lowest BCUT2D eigenvalue weighted by atomic mass is 9.94. The third-order valence-electron chi connectivity index (χ3n) is 4.31. The molecule has 0 aromatic heterocycles. The number of rotatable bonds is 4. The van der Waals surface area contributed by atoms with Crippen LogP contribution in [0, 0.1) is 5.92 Å². The van der Waals surface area contributed by atoms with Crippen molar-refractivity contribution in [3.8, 4) is 0 Å². The normalized spacial score (nSPS) is 29.4. The van der Waals surface area contributed by atoms with Crippen molar-refractivity contribution < 1.29 is 8.42 Å². The first-order chi connectivity index (χ1) is 9.49. The Morgan fingerprint density at radius 3 is 2.60 bits per heavy atom. The van der Waals surface area contributed by atoms with E-state index >= 15 is 0 Å². The number of hydrogen-bond acceptors (Lipinski definition) is 4. The second-order valence-corrected chi connectivity index (χ2v) is 7.51. The van der Waals surface area contributed by atoms with E-state index in [0.717, 1.165) is 17.2 Å². The lowest BCUT2D eigenvalue weighted by molar-refractivity contribution is 0.255. The van der Waals surface area contributed by atoms with Crippen molar-refractivity contribution in [2.24, 2.45) is 11.1 Å². The summed E-state index contributed by atoms with van der Waals surface area (Å²) in [6.45, 7) is 3.62. The standard InChI is InChI=1S/C14H21N3O2S/c15-20(18,19)10-11-1-3-13(4-2-11)16-14-6-8-17-7-5-12(14)9-17/h1-4,12,14,16H,5-10H2,(H2,15,18,19). The number of nitrogens with two attached hydrogens (primary N) is 1. The maximum Gasteiger partial charge on any atom is 0.213 e. The molecule has 2 aliphatic heterocycles. The summed E-state index contributed by atoms with van der Waals surface area (Å²) in [4.78, 5) is 2.53. The number of fused-ring (bicyclic) bond motifs is 2. The molecule has 2 aliphatic rings. The highest BCUT2D eigenvalue weighted by Gasteiger charge is 2.33. The van der Waals surface area contributed by atoms with Gasteiger partial charge in [0, 0.05) is 24.8 Å². The number of sulfonamides is 1. The van der Waals surface area contributed by atoms with Gasteiger partial charge in [0.15, 0.2) is 0 Å². The number of primary sulfonamides is 1. The van der Waals surface area contributed by atoms with Crippen molar-refractivity contribution in [1.82, 2.24) is 4.90 Å². The van der Waals surface area contributed by atoms with Crippen molar-refractivity contribution in [2.45, 2.75) is 24.6 Å². The lowest BCUT2D eigenvalue weighted by Crippen LogP contribution is -2.39. The molecule has 3 N–H and O–H groups in total. The van der Waals surface area contributed by atoms with Crippen LogP contribution in [-0.4, -0.2) is 39.0 Å². The monoisotopic (exact) mass is 295 g/mol. The topological polar surface area (TPSA) is 75.4 Å². The Balaban J connectivity index is 1.63. The molecule has 2 saturated heterocycles. The molecule has 6 heteroatoms. The van der Waals surface area contributed by atoms with Gasteiger partial charge >= 0.3 is 0 Å². The lowest BCUT2D eigenvalue weighted by Gasteiger charge is -2.31. The molecule has 5 nitrogen and oxygen atoms in total. The number of piperidine rings is 1. The number of nitrogens with zero attached hydrogens (tertiary/aromatic N) is 1. The fraction of sp³-hybridized carbons (Fsp3) is 0.571. The quantitative estimate of drug-likeness (QED) is 0.868. The van der Waals surface area contributed by atoms with E-state index in [4.69, 9.17) is 5.14 Å². The Labute approximate surface area is 120 Å². The zero-order valence-electron chi connectivity index (χ0n) is 11.5. The van der Waals surface area contributed by atoms with Gasteiger partial charge in [-0.25, -0.2) is 13.6 Å². The molecule has 3 rings (SSSR count). The summed E-state index contributed by atoms with van der Waals surface area (Å²) >= 11 is 0. The smallest absolute Gasteiger partial charge is 0.213 e. The minimum absolute atomic E-state index is 0.103. The second-order valence-electron chi connectivity index (χ2n) is 5.89. The molecule has 0 saturated carbocycles. The first kappa shape index (κ1) is 13.9. The van der Waals surface area contributed by atoms with Crippen LogP contribution in [0.2, 0.25) is 0 Å². The molecule has 0 radical (unpaired) electrons. The molecule has 0 aliphatic carbocycles. The van der Waals surface area contributed by atoms with Crippen LogP contribution >= 0.6 is 0 Å². The van der Waals surface area contributed by atoms with Crippen molar-refractivity contribution in [1.29, 1.82) is 0 Å². The molecule has 0 amide bonds. The predicted molar refractivity (Wildman–Crippen MR) is 79.8 cm³/mol. The van der Waals surface area contributed by atoms with Crippen molar-refractivity contribution in [2.75, 3.05) is 25.0 Å². The van der Waals surface area contributed by atoms with Crippen molar-refractivity contribution in [3.05, 3.63) is 29.8 Å². The van der Waals surface area contributed by atoms with E-state index in [9.17, 15) is 8.42 Å². The first-order valence-corrected chi connectivity index (χ1v) is 8.79. The summed E-state index contributed by atoms with van der Waals surface area (Å²) in [5, 5.41) is 8.64. The number of hydrogen-bond donors (Lipinski definition) is 2. The molecule has 1 aromatic rings. The molecule has 110 valence electrons. The molecule has 2 fully saturated rings. The van der Waals surface area contributed by atoms with E-state index < -0.39 is 10.0 Å². The van der Waals surface area contributed by atoms with E-state index in [1.807, 2.05) is 24.3 Å². The highest BCUT2D eigenvalue weighted by Crippen LogP contribution is 2.29. The van der Waals surface area contributed by atoms with E-state index in [0.29, 0.717) is 6.04 Å². The first-order valence-electron chi connectivity index (χ1n) is 7.08. The van der Waals surface area contributed by atoms with Crippen LogP contribution in [0.25, 0.3) is 0 Å². The number of anilines is 1. The molecular formula is C14H21N3O2S. The van der Waals surface area contributed by atoms with Crippen molar-refractivity contribution in [3.63, 3.8) is 0 Å². The predicted octanol–water partition coefficient (Wildman–Crippen LogP) is 0.981. The third-order valence-corrected chi connectivity index (χ3v) is 5.04. The second kappa shape index (κ2) is 5.35. The Morgan fingerprint density at radius 2 is 1.90 bits per heavy atom. The van der Waals surface area contributed by atoms with Crippen LogP contribution in [0.5, 0.6) is 0 Å². The highest BCUT2D eigenvalue weighted by molar-refractivity contribution is 7.88. The van der Waals surface area contributed by atoms with Crippen LogP contribution in [0.15, 0.2) is 24.3 Å². The zero-order valence-corrected chi connectivity index (χ0v) is 12.3. The van der Waals surface area contributed by atoms with Gasteiger partial charge in [-0.05, 0) is 43.0 Å². The number of nitrogens with one attached hydrogen (secondary N) is 1. The van der Waals surface area contributed by atoms with Crippen LogP contribution in [-0.2, 0) is 15.8 Å². The van der Waals surface area contributed by atoms with E-state index in [1.54, 1.807) is 0 Å². The van der Waals surface area contributed by atoms with Gasteiger partial charge in [-0.15, -0.1) is 0 Å². The molecule has 3 unspecified atom stereocenters. The average Bonchev–Trinajstić information content (AvgIpc) is 2.76. The SMILES string of the molecule is NS(=O)(=O)Cc1ccc(NC2CCN3CCC2C3)cc1. The molecule has 2 bridgehead atoms. The Hall–Kier alpha value is -1.11. The van der Waals surface area contributed by atoms with Crippen LogP contribution in [0.4, 0.5) is 5.69 Å². The number of benzene rings is 1. The maximum atomic E-state index is 11.0. The van der Waals surface area contributed by atoms with Gasteiger partial charge in [0.25, 0.3) is 0 Å². The van der Waals surface area contributed by atoms with E-state index in [1.165, 1.54) is 32.5 Å². The van der Waals surface area contributed by atoms with Gasteiger partial charge in [-0.3, -0.25) is 0 Å². The van der Waals surface area contributed by atoms with Crippen LogP contribution in [0.3, 0.4) is 0 Å². The summed E-state index contributed by atoms with van der Waals surface area (Å²) in [6.07, 6.45) is 2.46.